The van der Waals surface area contributed by atoms with Gasteiger partial charge in [-0.15, -0.1) is 11.3 Å². The third-order valence-corrected chi connectivity index (χ3v) is 6.66. The summed E-state index contributed by atoms with van der Waals surface area (Å²) in [6.07, 6.45) is 2.23. The van der Waals surface area contributed by atoms with E-state index in [1.165, 1.54) is 32.5 Å². The van der Waals surface area contributed by atoms with Crippen LogP contribution in [0, 0.1) is 0 Å². The summed E-state index contributed by atoms with van der Waals surface area (Å²) in [4.78, 5) is 2.60. The van der Waals surface area contributed by atoms with Crippen LogP contribution < -0.4 is 4.90 Å². The fraction of sp³-hybridized carbons (Fsp3) is 0.417. The second kappa shape index (κ2) is 6.13. The second-order valence-corrected chi connectivity index (χ2v) is 10.2. The molecule has 0 amide bonds. The van der Waals surface area contributed by atoms with Gasteiger partial charge in [0.2, 0.25) is 0 Å². The van der Waals surface area contributed by atoms with Crippen LogP contribution in [-0.2, 0) is 18.3 Å². The smallest absolute Gasteiger partial charge is 0.0404 e. The number of para-hydroxylation sites is 1. The Labute approximate surface area is 161 Å². The highest BCUT2D eigenvalue weighted by Gasteiger charge is 2.32. The fourth-order valence-corrected chi connectivity index (χ4v) is 5.50. The maximum atomic E-state index is 2.60. The number of anilines is 1. The van der Waals surface area contributed by atoms with Crippen molar-refractivity contribution in [2.24, 2.45) is 0 Å². The van der Waals surface area contributed by atoms with Crippen molar-refractivity contribution in [1.29, 1.82) is 0 Å². The Morgan fingerprint density at radius 3 is 2.54 bits per heavy atom. The summed E-state index contributed by atoms with van der Waals surface area (Å²) >= 11 is 1.87. The Morgan fingerprint density at radius 1 is 1.00 bits per heavy atom. The van der Waals surface area contributed by atoms with Gasteiger partial charge < -0.3 is 4.90 Å². The zero-order valence-electron chi connectivity index (χ0n) is 16.6. The molecule has 0 saturated carbocycles. The van der Waals surface area contributed by atoms with Crippen LogP contribution in [0.3, 0.4) is 0 Å². The van der Waals surface area contributed by atoms with Gasteiger partial charge in [0.05, 0.1) is 0 Å². The van der Waals surface area contributed by atoms with Crippen molar-refractivity contribution in [2.45, 2.75) is 58.4 Å². The van der Waals surface area contributed by atoms with Crippen LogP contribution >= 0.6 is 11.3 Å². The summed E-state index contributed by atoms with van der Waals surface area (Å²) in [7, 11) is 0. The van der Waals surface area contributed by atoms with Crippen LogP contribution in [0.1, 0.15) is 51.3 Å². The number of hydrogen-bond acceptors (Lipinski definition) is 2. The molecule has 0 unspecified atom stereocenters. The molecule has 0 N–H and O–H groups in total. The molecule has 0 saturated heterocycles. The standard InChI is InChI=1S/C24H29NS/c1-23(2,3)20-16-26-22-11-10-17(14-19(20)22)15-24(4,5)25-13-12-18-8-6-7-9-21(18)25/h6-11,14,16H,12-13,15H2,1-5H3. The van der Waals surface area contributed by atoms with Gasteiger partial charge in [-0.2, -0.15) is 0 Å². The van der Waals surface area contributed by atoms with Crippen LogP contribution in [0.25, 0.3) is 10.1 Å². The van der Waals surface area contributed by atoms with E-state index in [1.807, 2.05) is 11.3 Å². The molecular formula is C24H29NS. The van der Waals surface area contributed by atoms with Gasteiger partial charge in [-0.1, -0.05) is 45.0 Å². The Kier molecular flexibility index (Phi) is 4.15. The maximum Gasteiger partial charge on any atom is 0.0404 e. The van der Waals surface area contributed by atoms with Crippen molar-refractivity contribution < 1.29 is 0 Å². The Bertz CT molecular complexity index is 942. The van der Waals surface area contributed by atoms with Gasteiger partial charge in [0, 0.05) is 22.5 Å². The van der Waals surface area contributed by atoms with Gasteiger partial charge in [-0.3, -0.25) is 0 Å². The summed E-state index contributed by atoms with van der Waals surface area (Å²) in [5.41, 5.74) is 6.13. The molecule has 4 rings (SSSR count). The molecule has 136 valence electrons. The Balaban J connectivity index is 1.66. The van der Waals surface area contributed by atoms with E-state index in [1.54, 1.807) is 0 Å². The molecule has 3 aromatic rings. The van der Waals surface area contributed by atoms with E-state index in [0.717, 1.165) is 19.4 Å². The first-order valence-corrected chi connectivity index (χ1v) is 10.5. The third-order valence-electron chi connectivity index (χ3n) is 5.70. The predicted octanol–water partition coefficient (Wildman–Crippen LogP) is 6.58. The number of hydrogen-bond donors (Lipinski definition) is 0. The summed E-state index contributed by atoms with van der Waals surface area (Å²) in [6.45, 7) is 12.8. The van der Waals surface area contributed by atoms with Gasteiger partial charge in [-0.25, -0.2) is 0 Å². The molecule has 26 heavy (non-hydrogen) atoms. The lowest BCUT2D eigenvalue weighted by Gasteiger charge is -2.38. The molecule has 0 bridgehead atoms. The molecule has 0 radical (unpaired) electrons. The second-order valence-electron chi connectivity index (χ2n) is 9.25. The Hall–Kier alpha value is -1.80. The highest BCUT2D eigenvalue weighted by atomic mass is 32.1. The molecule has 2 heterocycles. The average Bonchev–Trinajstić information content (AvgIpc) is 3.18. The van der Waals surface area contributed by atoms with E-state index in [9.17, 15) is 0 Å². The minimum atomic E-state index is 0.109. The molecule has 0 aliphatic carbocycles. The topological polar surface area (TPSA) is 3.24 Å². The molecule has 1 aliphatic heterocycles. The van der Waals surface area contributed by atoms with Crippen molar-refractivity contribution in [2.75, 3.05) is 11.4 Å². The number of fused-ring (bicyclic) bond motifs is 2. The van der Waals surface area contributed by atoms with Gasteiger partial charge in [0.1, 0.15) is 0 Å². The minimum absolute atomic E-state index is 0.109. The van der Waals surface area contributed by atoms with E-state index < -0.39 is 0 Å². The zero-order valence-corrected chi connectivity index (χ0v) is 17.4. The molecule has 2 aromatic carbocycles. The van der Waals surface area contributed by atoms with Gasteiger partial charge in [-0.05, 0) is 77.8 Å². The lowest BCUT2D eigenvalue weighted by molar-refractivity contribution is 0.468. The van der Waals surface area contributed by atoms with Crippen molar-refractivity contribution in [3.8, 4) is 0 Å². The number of rotatable bonds is 3. The largest absolute Gasteiger partial charge is 0.366 e. The Morgan fingerprint density at radius 2 is 1.77 bits per heavy atom. The number of benzene rings is 2. The van der Waals surface area contributed by atoms with E-state index in [-0.39, 0.29) is 11.0 Å². The van der Waals surface area contributed by atoms with E-state index in [2.05, 4.69) is 87.4 Å². The van der Waals surface area contributed by atoms with E-state index in [0.29, 0.717) is 0 Å². The minimum Gasteiger partial charge on any atom is -0.366 e. The summed E-state index contributed by atoms with van der Waals surface area (Å²) < 4.78 is 1.41. The molecule has 1 aromatic heterocycles. The highest BCUT2D eigenvalue weighted by Crippen LogP contribution is 2.38. The van der Waals surface area contributed by atoms with Gasteiger partial charge >= 0.3 is 0 Å². The first-order valence-electron chi connectivity index (χ1n) is 9.62. The van der Waals surface area contributed by atoms with E-state index in [4.69, 9.17) is 0 Å². The quantitative estimate of drug-likeness (QED) is 0.508. The third kappa shape index (κ3) is 3.05. The first kappa shape index (κ1) is 17.6. The van der Waals surface area contributed by atoms with Crippen molar-refractivity contribution in [1.82, 2.24) is 0 Å². The summed E-state index contributed by atoms with van der Waals surface area (Å²) in [5.74, 6) is 0. The average molecular weight is 364 g/mol. The number of thiophene rings is 1. The van der Waals surface area contributed by atoms with Crippen molar-refractivity contribution >= 4 is 27.1 Å². The van der Waals surface area contributed by atoms with Crippen molar-refractivity contribution in [3.63, 3.8) is 0 Å². The molecular weight excluding hydrogens is 334 g/mol. The molecule has 2 heteroatoms. The van der Waals surface area contributed by atoms with Crippen LogP contribution in [-0.4, -0.2) is 12.1 Å². The SMILES string of the molecule is CC(C)(C)c1csc2ccc(CC(C)(C)N3CCc4ccccc43)cc12. The molecule has 0 spiro atoms. The lowest BCUT2D eigenvalue weighted by atomic mass is 9.85. The first-order chi connectivity index (χ1) is 12.3. The van der Waals surface area contributed by atoms with Gasteiger partial charge in [0.25, 0.3) is 0 Å². The van der Waals surface area contributed by atoms with Crippen LogP contribution in [0.5, 0.6) is 0 Å². The predicted molar refractivity (Wildman–Crippen MR) is 116 cm³/mol. The monoisotopic (exact) mass is 363 g/mol. The molecule has 1 aliphatic rings. The number of nitrogens with zero attached hydrogens (tertiary/aromatic N) is 1. The van der Waals surface area contributed by atoms with Crippen LogP contribution in [0.2, 0.25) is 0 Å². The van der Waals surface area contributed by atoms with Gasteiger partial charge in [0.15, 0.2) is 0 Å². The van der Waals surface area contributed by atoms with Crippen molar-refractivity contribution in [3.05, 3.63) is 64.5 Å². The fourth-order valence-electron chi connectivity index (χ4n) is 4.33. The summed E-state index contributed by atoms with van der Waals surface area (Å²) in [6, 6.07) is 16.0. The molecule has 0 atom stereocenters. The normalized spacial score (nSPS) is 14.9. The zero-order chi connectivity index (χ0) is 18.5. The van der Waals surface area contributed by atoms with Crippen LogP contribution in [0.4, 0.5) is 5.69 Å². The molecule has 1 nitrogen and oxygen atoms in total. The summed E-state index contributed by atoms with van der Waals surface area (Å²) in [5, 5.41) is 3.79. The van der Waals surface area contributed by atoms with E-state index >= 15 is 0 Å². The maximum absolute atomic E-state index is 2.60. The van der Waals surface area contributed by atoms with Crippen LogP contribution in [0.15, 0.2) is 47.8 Å². The lowest BCUT2D eigenvalue weighted by Crippen LogP contribution is -2.44. The highest BCUT2D eigenvalue weighted by molar-refractivity contribution is 7.17. The molecule has 0 fully saturated rings.